The first-order valence-electron chi connectivity index (χ1n) is 5.84. The highest BCUT2D eigenvalue weighted by atomic mass is 16.5. The van der Waals surface area contributed by atoms with E-state index in [2.05, 4.69) is 13.0 Å². The predicted octanol–water partition coefficient (Wildman–Crippen LogP) is 2.51. The molecule has 2 rings (SSSR count). The van der Waals surface area contributed by atoms with Crippen molar-refractivity contribution in [3.05, 3.63) is 17.7 Å². The normalized spacial score (nSPS) is 25.2. The van der Waals surface area contributed by atoms with Crippen molar-refractivity contribution >= 4 is 0 Å². The van der Waals surface area contributed by atoms with Crippen LogP contribution in [0, 0.1) is 17.2 Å². The lowest BCUT2D eigenvalue weighted by molar-refractivity contribution is 0.365. The van der Waals surface area contributed by atoms with Gasteiger partial charge in [-0.2, -0.15) is 5.26 Å². The molecule has 2 unspecified atom stereocenters. The van der Waals surface area contributed by atoms with E-state index in [1.807, 2.05) is 0 Å². The predicted molar refractivity (Wildman–Crippen MR) is 67.2 cm³/mol. The van der Waals surface area contributed by atoms with Gasteiger partial charge in [-0.05, 0) is 12.3 Å². The topological polar surface area (TPSA) is 51.5 Å². The van der Waals surface area contributed by atoms with Crippen molar-refractivity contribution in [1.29, 1.82) is 5.26 Å². The molecule has 0 aliphatic heterocycles. The number of hydrogen-bond donors (Lipinski definition) is 0. The van der Waals surface area contributed by atoms with Crippen LogP contribution in [0.15, 0.2) is 12.1 Å². The Morgan fingerprint density at radius 1 is 1.17 bits per heavy atom. The Kier molecular flexibility index (Phi) is 3.08. The maximum atomic E-state index is 9.45. The molecule has 0 bridgehead atoms. The lowest BCUT2D eigenvalue weighted by Gasteiger charge is -2.18. The van der Waals surface area contributed by atoms with E-state index in [1.165, 1.54) is 0 Å². The van der Waals surface area contributed by atoms with Crippen molar-refractivity contribution in [3.63, 3.8) is 0 Å². The van der Waals surface area contributed by atoms with E-state index in [9.17, 15) is 5.26 Å². The third-order valence-corrected chi connectivity index (χ3v) is 3.67. The Labute approximate surface area is 107 Å². The van der Waals surface area contributed by atoms with Gasteiger partial charge >= 0.3 is 0 Å². The van der Waals surface area contributed by atoms with Gasteiger partial charge < -0.3 is 14.2 Å². The minimum atomic E-state index is -0.483. The van der Waals surface area contributed by atoms with Gasteiger partial charge in [-0.3, -0.25) is 0 Å². The summed E-state index contributed by atoms with van der Waals surface area (Å²) < 4.78 is 16.0. The van der Waals surface area contributed by atoms with Crippen LogP contribution in [-0.2, 0) is 5.41 Å². The monoisotopic (exact) mass is 247 g/mol. The summed E-state index contributed by atoms with van der Waals surface area (Å²) >= 11 is 0. The van der Waals surface area contributed by atoms with Gasteiger partial charge in [0.25, 0.3) is 0 Å². The Bertz CT molecular complexity index is 481. The molecule has 1 saturated carbocycles. The Hall–Kier alpha value is -1.89. The van der Waals surface area contributed by atoms with Crippen LogP contribution in [0.1, 0.15) is 18.9 Å². The molecule has 0 aromatic heterocycles. The first-order chi connectivity index (χ1) is 8.62. The molecule has 0 radical (unpaired) electrons. The number of ether oxygens (including phenoxy) is 3. The van der Waals surface area contributed by atoms with Crippen LogP contribution >= 0.6 is 0 Å². The molecule has 1 aromatic rings. The van der Waals surface area contributed by atoms with Gasteiger partial charge in [-0.1, -0.05) is 6.92 Å². The fourth-order valence-electron chi connectivity index (χ4n) is 2.43. The van der Waals surface area contributed by atoms with Gasteiger partial charge in [0.2, 0.25) is 0 Å². The van der Waals surface area contributed by atoms with E-state index < -0.39 is 5.41 Å². The fourth-order valence-corrected chi connectivity index (χ4v) is 2.43. The average Bonchev–Trinajstić information content (AvgIpc) is 3.08. The largest absolute Gasteiger partial charge is 0.496 e. The lowest BCUT2D eigenvalue weighted by Crippen LogP contribution is -2.10. The summed E-state index contributed by atoms with van der Waals surface area (Å²) in [6.45, 7) is 2.06. The zero-order valence-electron chi connectivity index (χ0n) is 11.1. The summed E-state index contributed by atoms with van der Waals surface area (Å²) in [4.78, 5) is 0. The number of rotatable bonds is 4. The molecular weight excluding hydrogens is 230 g/mol. The van der Waals surface area contributed by atoms with Crippen molar-refractivity contribution in [1.82, 2.24) is 0 Å². The molecule has 2 atom stereocenters. The van der Waals surface area contributed by atoms with Gasteiger partial charge in [0.05, 0.1) is 38.4 Å². The molecule has 0 amide bonds. The summed E-state index contributed by atoms with van der Waals surface area (Å²) in [5.74, 6) is 2.28. The smallest absolute Gasteiger partial charge is 0.131 e. The van der Waals surface area contributed by atoms with Gasteiger partial charge in [0, 0.05) is 12.1 Å². The maximum absolute atomic E-state index is 9.45. The highest BCUT2D eigenvalue weighted by Crippen LogP contribution is 2.59. The quantitative estimate of drug-likeness (QED) is 0.820. The van der Waals surface area contributed by atoms with Crippen LogP contribution in [0.3, 0.4) is 0 Å². The summed E-state index contributed by atoms with van der Waals surface area (Å²) in [6.07, 6.45) is 0.836. The molecule has 0 N–H and O–H groups in total. The minimum absolute atomic E-state index is 0.318. The van der Waals surface area contributed by atoms with Gasteiger partial charge in [-0.15, -0.1) is 0 Å². The molecular formula is C14H17NO3. The molecule has 18 heavy (non-hydrogen) atoms. The molecule has 0 heterocycles. The summed E-state index contributed by atoms with van der Waals surface area (Å²) in [5, 5.41) is 9.45. The molecule has 96 valence electrons. The standard InChI is InChI=1S/C14H17NO3/c1-9-7-14(9,8-15)13-11(17-3)5-10(16-2)6-12(13)18-4/h5-6,9H,7H2,1-4H3. The first-order valence-corrected chi connectivity index (χ1v) is 5.84. The van der Waals surface area contributed by atoms with Crippen LogP contribution in [0.2, 0.25) is 0 Å². The van der Waals surface area contributed by atoms with Crippen molar-refractivity contribution in [2.24, 2.45) is 5.92 Å². The SMILES string of the molecule is COc1cc(OC)c(C2(C#N)CC2C)c(OC)c1. The maximum Gasteiger partial charge on any atom is 0.131 e. The van der Waals surface area contributed by atoms with Crippen molar-refractivity contribution in [3.8, 4) is 23.3 Å². The average molecular weight is 247 g/mol. The first kappa shape index (κ1) is 12.6. The van der Waals surface area contributed by atoms with Gasteiger partial charge in [0.1, 0.15) is 17.2 Å². The molecule has 1 aromatic carbocycles. The second-order valence-corrected chi connectivity index (χ2v) is 4.60. The third-order valence-electron chi connectivity index (χ3n) is 3.67. The second-order valence-electron chi connectivity index (χ2n) is 4.60. The number of hydrogen-bond acceptors (Lipinski definition) is 4. The van der Waals surface area contributed by atoms with Crippen LogP contribution in [0.4, 0.5) is 0 Å². The zero-order chi connectivity index (χ0) is 13.3. The van der Waals surface area contributed by atoms with Crippen molar-refractivity contribution in [2.75, 3.05) is 21.3 Å². The van der Waals surface area contributed by atoms with E-state index in [0.29, 0.717) is 23.2 Å². The van der Waals surface area contributed by atoms with Crippen LogP contribution in [0.25, 0.3) is 0 Å². The van der Waals surface area contributed by atoms with Crippen LogP contribution < -0.4 is 14.2 Å². The number of benzene rings is 1. The summed E-state index contributed by atoms with van der Waals surface area (Å²) in [7, 11) is 4.78. The van der Waals surface area contributed by atoms with E-state index in [4.69, 9.17) is 14.2 Å². The molecule has 1 fully saturated rings. The Morgan fingerprint density at radius 2 is 1.67 bits per heavy atom. The number of methoxy groups -OCH3 is 3. The highest BCUT2D eigenvalue weighted by Gasteiger charge is 2.56. The molecule has 4 nitrogen and oxygen atoms in total. The van der Waals surface area contributed by atoms with E-state index in [0.717, 1.165) is 12.0 Å². The molecule has 4 heteroatoms. The Balaban J connectivity index is 2.62. The third kappa shape index (κ3) is 1.67. The lowest BCUT2D eigenvalue weighted by atomic mass is 9.93. The number of nitriles is 1. The van der Waals surface area contributed by atoms with Gasteiger partial charge in [-0.25, -0.2) is 0 Å². The Morgan fingerprint density at radius 3 is 1.94 bits per heavy atom. The minimum Gasteiger partial charge on any atom is -0.496 e. The van der Waals surface area contributed by atoms with E-state index >= 15 is 0 Å². The molecule has 1 aliphatic carbocycles. The fraction of sp³-hybridized carbons (Fsp3) is 0.500. The second kappa shape index (κ2) is 4.41. The van der Waals surface area contributed by atoms with Crippen LogP contribution in [0.5, 0.6) is 17.2 Å². The van der Waals surface area contributed by atoms with E-state index in [-0.39, 0.29) is 0 Å². The van der Waals surface area contributed by atoms with Gasteiger partial charge in [0.15, 0.2) is 0 Å². The van der Waals surface area contributed by atoms with Crippen molar-refractivity contribution in [2.45, 2.75) is 18.8 Å². The number of nitrogens with zero attached hydrogens (tertiary/aromatic N) is 1. The molecule has 1 aliphatic rings. The van der Waals surface area contributed by atoms with E-state index in [1.54, 1.807) is 33.5 Å². The zero-order valence-corrected chi connectivity index (χ0v) is 11.1. The summed E-state index contributed by atoms with van der Waals surface area (Å²) in [5.41, 5.74) is 0.353. The highest BCUT2D eigenvalue weighted by molar-refractivity contribution is 5.60. The van der Waals surface area contributed by atoms with Crippen LogP contribution in [-0.4, -0.2) is 21.3 Å². The van der Waals surface area contributed by atoms with Crippen molar-refractivity contribution < 1.29 is 14.2 Å². The molecule has 0 spiro atoms. The summed E-state index contributed by atoms with van der Waals surface area (Å²) in [6, 6.07) is 5.99. The molecule has 0 saturated heterocycles.